The largest absolute Gasteiger partial charge is 0.327 e. The normalized spacial score (nSPS) is 19.8. The molecular weight excluding hydrogens is 222 g/mol. The van der Waals surface area contributed by atoms with Gasteiger partial charge in [-0.1, -0.05) is 25.7 Å². The van der Waals surface area contributed by atoms with Crippen molar-refractivity contribution in [3.05, 3.63) is 17.0 Å². The molecule has 18 heavy (non-hydrogen) atoms. The molecule has 0 aromatic carbocycles. The minimum atomic E-state index is 0.310. The summed E-state index contributed by atoms with van der Waals surface area (Å²) in [4.78, 5) is 0. The van der Waals surface area contributed by atoms with Crippen molar-refractivity contribution in [1.82, 2.24) is 9.78 Å². The van der Waals surface area contributed by atoms with Crippen molar-refractivity contribution in [1.29, 1.82) is 0 Å². The predicted octanol–water partition coefficient (Wildman–Crippen LogP) is 2.88. The average molecular weight is 249 g/mol. The molecule has 0 bridgehead atoms. The van der Waals surface area contributed by atoms with Crippen LogP contribution in [0, 0.1) is 19.8 Å². The molecule has 0 amide bonds. The Labute approximate surface area is 111 Å². The lowest BCUT2D eigenvalue weighted by atomic mass is 9.88. The third-order valence-electron chi connectivity index (χ3n) is 4.60. The Hall–Kier alpha value is -0.830. The van der Waals surface area contributed by atoms with Crippen molar-refractivity contribution in [3.8, 4) is 0 Å². The molecule has 2 rings (SSSR count). The van der Waals surface area contributed by atoms with Crippen LogP contribution in [0.4, 0.5) is 0 Å². The van der Waals surface area contributed by atoms with E-state index in [1.807, 2.05) is 11.7 Å². The van der Waals surface area contributed by atoms with Gasteiger partial charge < -0.3 is 5.73 Å². The zero-order valence-electron chi connectivity index (χ0n) is 12.1. The van der Waals surface area contributed by atoms with E-state index in [2.05, 4.69) is 18.9 Å². The molecule has 1 aliphatic rings. The molecule has 1 aromatic rings. The van der Waals surface area contributed by atoms with Crippen LogP contribution in [0.3, 0.4) is 0 Å². The number of rotatable bonds is 3. The molecule has 1 saturated carbocycles. The molecule has 1 fully saturated rings. The first-order chi connectivity index (χ1) is 8.59. The van der Waals surface area contributed by atoms with Gasteiger partial charge in [-0.3, -0.25) is 4.68 Å². The van der Waals surface area contributed by atoms with Gasteiger partial charge in [0.15, 0.2) is 0 Å². The molecule has 102 valence electrons. The quantitative estimate of drug-likeness (QED) is 0.837. The summed E-state index contributed by atoms with van der Waals surface area (Å²) in [5, 5.41) is 4.49. The van der Waals surface area contributed by atoms with Crippen molar-refractivity contribution in [2.45, 2.75) is 64.8 Å². The molecule has 0 aliphatic heterocycles. The number of nitrogens with two attached hydrogens (primary N) is 1. The van der Waals surface area contributed by atoms with Crippen LogP contribution >= 0.6 is 0 Å². The molecule has 2 N–H and O–H groups in total. The number of aryl methyl sites for hydroxylation is 2. The van der Waals surface area contributed by atoms with Crippen LogP contribution in [0.1, 0.15) is 55.5 Å². The smallest absolute Gasteiger partial charge is 0.0628 e. The first-order valence-electron chi connectivity index (χ1n) is 7.34. The minimum absolute atomic E-state index is 0.310. The Morgan fingerprint density at radius 2 is 1.83 bits per heavy atom. The van der Waals surface area contributed by atoms with Gasteiger partial charge in [-0.05, 0) is 44.6 Å². The lowest BCUT2D eigenvalue weighted by Crippen LogP contribution is -2.32. The van der Waals surface area contributed by atoms with Gasteiger partial charge in [0.1, 0.15) is 0 Å². The fraction of sp³-hybridized carbons (Fsp3) is 0.800. The lowest BCUT2D eigenvalue weighted by molar-refractivity contribution is 0.372. The summed E-state index contributed by atoms with van der Waals surface area (Å²) in [6, 6.07) is 0.310. The van der Waals surface area contributed by atoms with E-state index < -0.39 is 0 Å². The van der Waals surface area contributed by atoms with Crippen LogP contribution in [0.5, 0.6) is 0 Å². The highest BCUT2D eigenvalue weighted by molar-refractivity contribution is 5.25. The van der Waals surface area contributed by atoms with Crippen LogP contribution in [-0.4, -0.2) is 15.8 Å². The van der Waals surface area contributed by atoms with Crippen LogP contribution in [0.2, 0.25) is 0 Å². The second-order valence-electron chi connectivity index (χ2n) is 5.89. The molecular formula is C15H27N3. The van der Waals surface area contributed by atoms with Gasteiger partial charge in [0, 0.05) is 18.8 Å². The summed E-state index contributed by atoms with van der Waals surface area (Å²) in [7, 11) is 2.02. The topological polar surface area (TPSA) is 43.8 Å². The van der Waals surface area contributed by atoms with Gasteiger partial charge in [-0.15, -0.1) is 0 Å². The summed E-state index contributed by atoms with van der Waals surface area (Å²) in [5.41, 5.74) is 10.3. The molecule has 1 aromatic heterocycles. The lowest BCUT2D eigenvalue weighted by Gasteiger charge is -2.22. The first kappa shape index (κ1) is 13.6. The fourth-order valence-corrected chi connectivity index (χ4v) is 3.25. The molecule has 1 unspecified atom stereocenters. The van der Waals surface area contributed by atoms with Gasteiger partial charge in [-0.2, -0.15) is 5.10 Å². The second-order valence-corrected chi connectivity index (χ2v) is 5.89. The van der Waals surface area contributed by atoms with Crippen LogP contribution in [-0.2, 0) is 13.5 Å². The van der Waals surface area contributed by atoms with Gasteiger partial charge in [-0.25, -0.2) is 0 Å². The number of hydrogen-bond donors (Lipinski definition) is 1. The van der Waals surface area contributed by atoms with E-state index >= 15 is 0 Å². The average Bonchev–Trinajstić information content (AvgIpc) is 2.58. The number of aromatic nitrogens is 2. The minimum Gasteiger partial charge on any atom is -0.327 e. The monoisotopic (exact) mass is 249 g/mol. The predicted molar refractivity (Wildman–Crippen MR) is 75.6 cm³/mol. The highest BCUT2D eigenvalue weighted by atomic mass is 15.3. The summed E-state index contributed by atoms with van der Waals surface area (Å²) in [6.45, 7) is 4.25. The van der Waals surface area contributed by atoms with Gasteiger partial charge >= 0.3 is 0 Å². The van der Waals surface area contributed by atoms with Crippen LogP contribution in [0.15, 0.2) is 0 Å². The Kier molecular flexibility index (Phi) is 4.44. The zero-order valence-corrected chi connectivity index (χ0v) is 12.1. The van der Waals surface area contributed by atoms with Crippen molar-refractivity contribution >= 4 is 0 Å². The summed E-state index contributed by atoms with van der Waals surface area (Å²) in [5.74, 6) is 0.714. The Bertz CT molecular complexity index is 387. The zero-order chi connectivity index (χ0) is 13.1. The highest BCUT2D eigenvalue weighted by Crippen LogP contribution is 2.27. The molecule has 1 atom stereocenters. The maximum absolute atomic E-state index is 6.46. The molecule has 3 heteroatoms. The number of nitrogens with zero attached hydrogens (tertiary/aromatic N) is 2. The highest BCUT2D eigenvalue weighted by Gasteiger charge is 2.22. The third-order valence-corrected chi connectivity index (χ3v) is 4.60. The SMILES string of the molecule is Cc1nn(C)c(C)c1CC(N)C1CCCCCC1. The van der Waals surface area contributed by atoms with Crippen molar-refractivity contribution < 1.29 is 0 Å². The van der Waals surface area contributed by atoms with E-state index in [9.17, 15) is 0 Å². The summed E-state index contributed by atoms with van der Waals surface area (Å²) >= 11 is 0. The maximum atomic E-state index is 6.46. The van der Waals surface area contributed by atoms with Gasteiger partial charge in [0.2, 0.25) is 0 Å². The molecule has 3 nitrogen and oxygen atoms in total. The third kappa shape index (κ3) is 2.94. The number of hydrogen-bond acceptors (Lipinski definition) is 2. The van der Waals surface area contributed by atoms with Gasteiger partial charge in [0.25, 0.3) is 0 Å². The Balaban J connectivity index is 2.03. The van der Waals surface area contributed by atoms with Gasteiger partial charge in [0.05, 0.1) is 5.69 Å². The van der Waals surface area contributed by atoms with Crippen molar-refractivity contribution in [3.63, 3.8) is 0 Å². The van der Waals surface area contributed by atoms with E-state index in [4.69, 9.17) is 5.73 Å². The molecule has 1 aliphatic carbocycles. The maximum Gasteiger partial charge on any atom is 0.0628 e. The van der Waals surface area contributed by atoms with Crippen molar-refractivity contribution in [2.75, 3.05) is 0 Å². The molecule has 0 radical (unpaired) electrons. The van der Waals surface area contributed by atoms with E-state index in [1.165, 1.54) is 49.8 Å². The van der Waals surface area contributed by atoms with Crippen LogP contribution < -0.4 is 5.73 Å². The van der Waals surface area contributed by atoms with Crippen LogP contribution in [0.25, 0.3) is 0 Å². The second kappa shape index (κ2) is 5.87. The van der Waals surface area contributed by atoms with E-state index in [0.29, 0.717) is 12.0 Å². The Morgan fingerprint density at radius 3 is 2.33 bits per heavy atom. The standard InChI is InChI=1S/C15H27N3/c1-11-14(12(2)18(3)17-11)10-15(16)13-8-6-4-5-7-9-13/h13,15H,4-10,16H2,1-3H3. The fourth-order valence-electron chi connectivity index (χ4n) is 3.25. The van der Waals surface area contributed by atoms with E-state index in [1.54, 1.807) is 0 Å². The molecule has 0 saturated heterocycles. The Morgan fingerprint density at radius 1 is 1.22 bits per heavy atom. The van der Waals surface area contributed by atoms with E-state index in [-0.39, 0.29) is 0 Å². The van der Waals surface area contributed by atoms with E-state index in [0.717, 1.165) is 12.1 Å². The summed E-state index contributed by atoms with van der Waals surface area (Å²) < 4.78 is 1.98. The summed E-state index contributed by atoms with van der Waals surface area (Å²) in [6.07, 6.45) is 9.16. The molecule has 1 heterocycles. The molecule has 0 spiro atoms. The first-order valence-corrected chi connectivity index (χ1v) is 7.34. The van der Waals surface area contributed by atoms with Crippen molar-refractivity contribution in [2.24, 2.45) is 18.7 Å².